The van der Waals surface area contributed by atoms with Gasteiger partial charge in [-0.2, -0.15) is 0 Å². The Bertz CT molecular complexity index is 1150. The van der Waals surface area contributed by atoms with E-state index in [0.29, 0.717) is 12.4 Å². The van der Waals surface area contributed by atoms with Gasteiger partial charge in [0, 0.05) is 25.2 Å². The summed E-state index contributed by atoms with van der Waals surface area (Å²) < 4.78 is 7.81. The van der Waals surface area contributed by atoms with Crippen LogP contribution in [0.2, 0.25) is 0 Å². The molecule has 0 atom stereocenters. The van der Waals surface area contributed by atoms with Crippen molar-refractivity contribution < 1.29 is 4.42 Å². The third-order valence-electron chi connectivity index (χ3n) is 4.99. The second kappa shape index (κ2) is 11.7. The van der Waals surface area contributed by atoms with Crippen LogP contribution in [-0.4, -0.2) is 33.6 Å². The Morgan fingerprint density at radius 1 is 1.09 bits per heavy atom. The maximum absolute atomic E-state index is 5.63. The molecule has 0 fully saturated rings. The molecule has 0 amide bonds. The maximum Gasteiger partial charge on any atom is 0.226 e. The highest BCUT2D eigenvalue weighted by Gasteiger charge is 2.07. The summed E-state index contributed by atoms with van der Waals surface area (Å²) in [5, 5.41) is 6.68. The molecule has 8 heteroatoms. The first-order valence-corrected chi connectivity index (χ1v) is 10.7. The van der Waals surface area contributed by atoms with Gasteiger partial charge in [0.2, 0.25) is 5.89 Å². The third kappa shape index (κ3) is 6.09. The number of nitrogens with zero attached hydrogens (tertiary/aromatic N) is 4. The fourth-order valence-electron chi connectivity index (χ4n) is 3.35. The quantitative estimate of drug-likeness (QED) is 0.145. The molecule has 168 valence electrons. The van der Waals surface area contributed by atoms with Gasteiger partial charge < -0.3 is 19.6 Å². The van der Waals surface area contributed by atoms with Crippen molar-refractivity contribution in [2.24, 2.45) is 4.99 Å². The predicted molar refractivity (Wildman–Crippen MR) is 139 cm³/mol. The minimum atomic E-state index is 0. The monoisotopic (exact) mass is 544 g/mol. The van der Waals surface area contributed by atoms with E-state index in [0.717, 1.165) is 48.8 Å². The van der Waals surface area contributed by atoms with Gasteiger partial charge in [-0.05, 0) is 44.5 Å². The number of rotatable bonds is 8. The zero-order valence-electron chi connectivity index (χ0n) is 18.4. The summed E-state index contributed by atoms with van der Waals surface area (Å²) in [6.07, 6.45) is 4.54. The van der Waals surface area contributed by atoms with Crippen molar-refractivity contribution in [1.29, 1.82) is 0 Å². The van der Waals surface area contributed by atoms with Gasteiger partial charge in [-0.15, -0.1) is 24.0 Å². The molecule has 0 spiro atoms. The molecule has 2 aromatic heterocycles. The summed E-state index contributed by atoms with van der Waals surface area (Å²) in [6, 6.07) is 16.3. The van der Waals surface area contributed by atoms with Crippen LogP contribution in [0.4, 0.5) is 0 Å². The van der Waals surface area contributed by atoms with Crippen LogP contribution >= 0.6 is 24.0 Å². The van der Waals surface area contributed by atoms with E-state index in [2.05, 4.69) is 62.2 Å². The minimum Gasteiger partial charge on any atom is -0.444 e. The van der Waals surface area contributed by atoms with Crippen molar-refractivity contribution in [2.45, 2.75) is 33.4 Å². The molecule has 0 unspecified atom stereocenters. The molecule has 2 heterocycles. The second-order valence-electron chi connectivity index (χ2n) is 7.41. The Labute approximate surface area is 205 Å². The highest BCUT2D eigenvalue weighted by molar-refractivity contribution is 14.0. The van der Waals surface area contributed by atoms with Gasteiger partial charge in [-0.3, -0.25) is 0 Å². The molecule has 4 rings (SSSR count). The molecule has 7 nitrogen and oxygen atoms in total. The Kier molecular flexibility index (Phi) is 8.66. The number of nitrogens with one attached hydrogen (secondary N) is 2. The molecule has 0 aliphatic carbocycles. The number of hydrogen-bond donors (Lipinski definition) is 2. The van der Waals surface area contributed by atoms with Crippen molar-refractivity contribution in [1.82, 2.24) is 25.2 Å². The number of guanidine groups is 1. The van der Waals surface area contributed by atoms with Crippen LogP contribution in [0.1, 0.15) is 24.6 Å². The van der Waals surface area contributed by atoms with Crippen LogP contribution in [0.5, 0.6) is 0 Å². The SMILES string of the molecule is CCNC(=NCc1coc(-c2ccc(C)cc2)n1)NCCCn1cnc2ccccc21.I. The molecule has 0 aliphatic heterocycles. The van der Waals surface area contributed by atoms with Crippen LogP contribution in [0.25, 0.3) is 22.5 Å². The van der Waals surface area contributed by atoms with E-state index in [-0.39, 0.29) is 24.0 Å². The minimum absolute atomic E-state index is 0. The van der Waals surface area contributed by atoms with Crippen molar-refractivity contribution >= 4 is 41.0 Å². The summed E-state index contributed by atoms with van der Waals surface area (Å²) in [6.45, 7) is 7.08. The Morgan fingerprint density at radius 3 is 2.72 bits per heavy atom. The molecule has 2 aromatic carbocycles. The lowest BCUT2D eigenvalue weighted by Gasteiger charge is -2.11. The Hall–Kier alpha value is -2.88. The summed E-state index contributed by atoms with van der Waals surface area (Å²) in [5.41, 5.74) is 5.18. The molecule has 2 N–H and O–H groups in total. The third-order valence-corrected chi connectivity index (χ3v) is 4.99. The van der Waals surface area contributed by atoms with Gasteiger partial charge in [0.1, 0.15) is 12.0 Å². The fourth-order valence-corrected chi connectivity index (χ4v) is 3.35. The van der Waals surface area contributed by atoms with Crippen molar-refractivity contribution in [3.05, 3.63) is 72.4 Å². The van der Waals surface area contributed by atoms with Crippen LogP contribution < -0.4 is 10.6 Å². The first-order chi connectivity index (χ1) is 15.2. The summed E-state index contributed by atoms with van der Waals surface area (Å²) in [4.78, 5) is 13.6. The number of aryl methyl sites for hydroxylation is 2. The van der Waals surface area contributed by atoms with Gasteiger partial charge in [0.05, 0.1) is 23.9 Å². The normalized spacial score (nSPS) is 11.4. The molecule has 0 radical (unpaired) electrons. The molecule has 0 bridgehead atoms. The predicted octanol–water partition coefficient (Wildman–Crippen LogP) is 4.76. The standard InChI is InChI=1S/C24H28N6O.HI/c1-3-25-24(26-13-6-14-30-17-28-21-7-4-5-8-22(21)30)27-15-20-16-31-23(29-20)19-11-9-18(2)10-12-19;/h4-5,7-12,16-17H,3,6,13-15H2,1-2H3,(H2,25,26,27);1H. The van der Waals surface area contributed by atoms with Gasteiger partial charge in [-0.25, -0.2) is 15.0 Å². The molecular formula is C24H29IN6O. The van der Waals surface area contributed by atoms with Crippen LogP contribution in [0.15, 0.2) is 70.5 Å². The Morgan fingerprint density at radius 2 is 1.91 bits per heavy atom. The van der Waals surface area contributed by atoms with E-state index >= 15 is 0 Å². The topological polar surface area (TPSA) is 80.3 Å². The zero-order chi connectivity index (χ0) is 21.5. The van der Waals surface area contributed by atoms with E-state index in [1.807, 2.05) is 36.7 Å². The highest BCUT2D eigenvalue weighted by atomic mass is 127. The second-order valence-corrected chi connectivity index (χ2v) is 7.41. The molecule has 0 aliphatic rings. The lowest BCUT2D eigenvalue weighted by atomic mass is 10.1. The average molecular weight is 544 g/mol. The van der Waals surface area contributed by atoms with E-state index in [1.165, 1.54) is 11.1 Å². The van der Waals surface area contributed by atoms with Gasteiger partial charge >= 0.3 is 0 Å². The van der Waals surface area contributed by atoms with E-state index < -0.39 is 0 Å². The summed E-state index contributed by atoms with van der Waals surface area (Å²) >= 11 is 0. The number of benzene rings is 2. The van der Waals surface area contributed by atoms with Crippen molar-refractivity contribution in [3.63, 3.8) is 0 Å². The molecule has 0 saturated heterocycles. The van der Waals surface area contributed by atoms with Crippen molar-refractivity contribution in [2.75, 3.05) is 13.1 Å². The number of aromatic nitrogens is 3. The number of para-hydroxylation sites is 2. The zero-order valence-corrected chi connectivity index (χ0v) is 20.7. The van der Waals surface area contributed by atoms with Gasteiger partial charge in [-0.1, -0.05) is 29.8 Å². The molecule has 32 heavy (non-hydrogen) atoms. The van der Waals surface area contributed by atoms with Crippen LogP contribution in [0, 0.1) is 6.92 Å². The smallest absolute Gasteiger partial charge is 0.226 e. The number of hydrogen-bond acceptors (Lipinski definition) is 4. The molecule has 0 saturated carbocycles. The average Bonchev–Trinajstić information content (AvgIpc) is 3.43. The van der Waals surface area contributed by atoms with Crippen LogP contribution in [-0.2, 0) is 13.1 Å². The molecular weight excluding hydrogens is 515 g/mol. The molecule has 4 aromatic rings. The first kappa shape index (κ1) is 23.8. The highest BCUT2D eigenvalue weighted by Crippen LogP contribution is 2.19. The summed E-state index contributed by atoms with van der Waals surface area (Å²) in [5.74, 6) is 1.40. The lowest BCUT2D eigenvalue weighted by molar-refractivity contribution is 0.572. The maximum atomic E-state index is 5.63. The van der Waals surface area contributed by atoms with E-state index in [1.54, 1.807) is 6.26 Å². The number of imidazole rings is 1. The largest absolute Gasteiger partial charge is 0.444 e. The van der Waals surface area contributed by atoms with Crippen molar-refractivity contribution in [3.8, 4) is 11.5 Å². The lowest BCUT2D eigenvalue weighted by Crippen LogP contribution is -2.38. The van der Waals surface area contributed by atoms with E-state index in [9.17, 15) is 0 Å². The number of oxazole rings is 1. The van der Waals surface area contributed by atoms with Crippen LogP contribution in [0.3, 0.4) is 0 Å². The fraction of sp³-hybridized carbons (Fsp3) is 0.292. The van der Waals surface area contributed by atoms with Gasteiger partial charge in [0.15, 0.2) is 5.96 Å². The first-order valence-electron chi connectivity index (χ1n) is 10.7. The number of aliphatic imine (C=N–C) groups is 1. The Balaban J connectivity index is 0.00000289. The number of halogens is 1. The summed E-state index contributed by atoms with van der Waals surface area (Å²) in [7, 11) is 0. The van der Waals surface area contributed by atoms with E-state index in [4.69, 9.17) is 4.42 Å². The number of fused-ring (bicyclic) bond motifs is 1. The van der Waals surface area contributed by atoms with Gasteiger partial charge in [0.25, 0.3) is 0 Å².